The van der Waals surface area contributed by atoms with Gasteiger partial charge in [0.2, 0.25) is 0 Å². The van der Waals surface area contributed by atoms with Gasteiger partial charge in [0.15, 0.2) is 0 Å². The molecule has 2 N–H and O–H groups in total. The fraction of sp³-hybridized carbons (Fsp3) is 0.353. The van der Waals surface area contributed by atoms with E-state index in [9.17, 15) is 9.59 Å². The van der Waals surface area contributed by atoms with Crippen molar-refractivity contribution in [2.24, 2.45) is 5.92 Å². The molecule has 1 saturated heterocycles. The molecular formula is C17H18ClN3O3S. The molecule has 2 aromatic rings. The summed E-state index contributed by atoms with van der Waals surface area (Å²) >= 11 is 7.71. The number of hydrogen-bond acceptors (Lipinski definition) is 5. The second-order valence-corrected chi connectivity index (χ2v) is 7.20. The van der Waals surface area contributed by atoms with E-state index in [4.69, 9.17) is 16.7 Å². The minimum atomic E-state index is -1.05. The molecule has 0 aliphatic carbocycles. The van der Waals surface area contributed by atoms with Crippen LogP contribution in [-0.2, 0) is 0 Å². The van der Waals surface area contributed by atoms with Crippen LogP contribution in [0, 0.1) is 5.92 Å². The molecule has 1 atom stereocenters. The normalized spacial score (nSPS) is 17.3. The number of carbonyl (C=O) groups is 2. The number of carbonyl (C=O) groups excluding carboxylic acids is 1. The third kappa shape index (κ3) is 4.29. The van der Waals surface area contributed by atoms with Crippen LogP contribution in [0.5, 0.6) is 0 Å². The standard InChI is InChI=1S/C17H18ClN3O3S/c18-14-6-13(17(23)24)8-19-15(14)21-4-1-2-11(9-21)7-20-16(22)12-3-5-25-10-12/h3,5-6,8,10-11H,1-2,4,7,9H2,(H,20,22)(H,23,24). The Morgan fingerprint density at radius 3 is 2.96 bits per heavy atom. The number of halogens is 1. The van der Waals surface area contributed by atoms with E-state index in [0.29, 0.717) is 28.9 Å². The summed E-state index contributed by atoms with van der Waals surface area (Å²) in [7, 11) is 0. The molecule has 3 heterocycles. The minimum Gasteiger partial charge on any atom is -0.478 e. The first kappa shape index (κ1) is 17.7. The first-order valence-corrected chi connectivity index (χ1v) is 9.31. The molecule has 6 nitrogen and oxygen atoms in total. The van der Waals surface area contributed by atoms with Crippen LogP contribution >= 0.6 is 22.9 Å². The van der Waals surface area contributed by atoms with Crippen LogP contribution in [0.15, 0.2) is 29.1 Å². The van der Waals surface area contributed by atoms with Crippen molar-refractivity contribution < 1.29 is 14.7 Å². The Morgan fingerprint density at radius 2 is 2.28 bits per heavy atom. The number of piperidine rings is 1. The molecule has 3 rings (SSSR count). The van der Waals surface area contributed by atoms with Gasteiger partial charge >= 0.3 is 5.97 Å². The molecular weight excluding hydrogens is 362 g/mol. The number of rotatable bonds is 5. The van der Waals surface area contributed by atoms with Gasteiger partial charge in [-0.2, -0.15) is 11.3 Å². The summed E-state index contributed by atoms with van der Waals surface area (Å²) in [5, 5.41) is 16.0. The monoisotopic (exact) mass is 379 g/mol. The van der Waals surface area contributed by atoms with Gasteiger partial charge < -0.3 is 15.3 Å². The van der Waals surface area contributed by atoms with E-state index in [2.05, 4.69) is 15.2 Å². The third-order valence-electron chi connectivity index (χ3n) is 4.22. The largest absolute Gasteiger partial charge is 0.478 e. The molecule has 0 aromatic carbocycles. The number of carboxylic acid groups (broad SMARTS) is 1. The van der Waals surface area contributed by atoms with Crippen LogP contribution in [0.4, 0.5) is 5.82 Å². The number of aromatic nitrogens is 1. The highest BCUT2D eigenvalue weighted by Crippen LogP contribution is 2.28. The minimum absolute atomic E-state index is 0.0552. The number of nitrogens with zero attached hydrogens (tertiary/aromatic N) is 2. The van der Waals surface area contributed by atoms with Gasteiger partial charge in [0.1, 0.15) is 5.82 Å². The molecule has 1 aliphatic heterocycles. The molecule has 1 unspecified atom stereocenters. The second kappa shape index (κ2) is 7.84. The number of pyridine rings is 1. The lowest BCUT2D eigenvalue weighted by atomic mass is 9.98. The van der Waals surface area contributed by atoms with Gasteiger partial charge in [0, 0.05) is 36.8 Å². The molecule has 132 valence electrons. The van der Waals surface area contributed by atoms with Crippen molar-refractivity contribution in [2.75, 3.05) is 24.5 Å². The van der Waals surface area contributed by atoms with Gasteiger partial charge in [-0.1, -0.05) is 11.6 Å². The summed E-state index contributed by atoms with van der Waals surface area (Å²) in [5.74, 6) is -0.206. The molecule has 25 heavy (non-hydrogen) atoms. The van der Waals surface area contributed by atoms with Crippen molar-refractivity contribution >= 4 is 40.6 Å². The number of nitrogens with one attached hydrogen (secondary N) is 1. The van der Waals surface area contributed by atoms with E-state index in [1.165, 1.54) is 23.6 Å². The summed E-state index contributed by atoms with van der Waals surface area (Å²) < 4.78 is 0. The Kier molecular flexibility index (Phi) is 5.55. The van der Waals surface area contributed by atoms with Gasteiger partial charge in [-0.05, 0) is 36.3 Å². The smallest absolute Gasteiger partial charge is 0.337 e. The highest BCUT2D eigenvalue weighted by molar-refractivity contribution is 7.08. The summed E-state index contributed by atoms with van der Waals surface area (Å²) in [6.07, 6.45) is 3.31. The number of aromatic carboxylic acids is 1. The Balaban J connectivity index is 1.61. The zero-order valence-electron chi connectivity index (χ0n) is 13.4. The van der Waals surface area contributed by atoms with Crippen LogP contribution in [0.1, 0.15) is 33.6 Å². The maximum absolute atomic E-state index is 12.0. The fourth-order valence-electron chi connectivity index (χ4n) is 2.94. The zero-order chi connectivity index (χ0) is 17.8. The van der Waals surface area contributed by atoms with E-state index < -0.39 is 5.97 Å². The van der Waals surface area contributed by atoms with Crippen molar-refractivity contribution in [3.8, 4) is 0 Å². The highest BCUT2D eigenvalue weighted by Gasteiger charge is 2.23. The summed E-state index contributed by atoms with van der Waals surface area (Å²) in [5.41, 5.74) is 0.761. The summed E-state index contributed by atoms with van der Waals surface area (Å²) in [6.45, 7) is 2.13. The molecule has 1 amide bonds. The maximum Gasteiger partial charge on any atom is 0.337 e. The topological polar surface area (TPSA) is 82.5 Å². The average Bonchev–Trinajstić information content (AvgIpc) is 3.14. The number of thiophene rings is 1. The molecule has 1 fully saturated rings. The summed E-state index contributed by atoms with van der Waals surface area (Å²) in [4.78, 5) is 29.3. The molecule has 0 spiro atoms. The van der Waals surface area contributed by atoms with E-state index >= 15 is 0 Å². The van der Waals surface area contributed by atoms with Crippen molar-refractivity contribution in [1.82, 2.24) is 10.3 Å². The van der Waals surface area contributed by atoms with Crippen molar-refractivity contribution in [1.29, 1.82) is 0 Å². The van der Waals surface area contributed by atoms with E-state index in [1.807, 2.05) is 10.8 Å². The van der Waals surface area contributed by atoms with Gasteiger partial charge in [-0.15, -0.1) is 0 Å². The van der Waals surface area contributed by atoms with Crippen molar-refractivity contribution in [3.63, 3.8) is 0 Å². The first-order valence-electron chi connectivity index (χ1n) is 7.99. The highest BCUT2D eigenvalue weighted by atomic mass is 35.5. The number of carboxylic acids is 1. The predicted molar refractivity (Wildman–Crippen MR) is 97.8 cm³/mol. The zero-order valence-corrected chi connectivity index (χ0v) is 15.0. The van der Waals surface area contributed by atoms with Gasteiger partial charge in [0.05, 0.1) is 10.6 Å². The Bertz CT molecular complexity index is 767. The SMILES string of the molecule is O=C(O)c1cnc(N2CCCC(CNC(=O)c3ccsc3)C2)c(Cl)c1. The Hall–Kier alpha value is -2.12. The van der Waals surface area contributed by atoms with Gasteiger partial charge in [-0.25, -0.2) is 9.78 Å². The predicted octanol–water partition coefficient (Wildman–Crippen LogP) is 3.14. The number of hydrogen-bond donors (Lipinski definition) is 2. The molecule has 1 aliphatic rings. The van der Waals surface area contributed by atoms with Crippen LogP contribution in [0.25, 0.3) is 0 Å². The number of amides is 1. The molecule has 0 saturated carbocycles. The summed E-state index contributed by atoms with van der Waals surface area (Å²) in [6, 6.07) is 3.23. The van der Waals surface area contributed by atoms with Crippen LogP contribution < -0.4 is 10.2 Å². The molecule has 0 bridgehead atoms. The fourth-order valence-corrected chi connectivity index (χ4v) is 3.86. The molecule has 0 radical (unpaired) electrons. The van der Waals surface area contributed by atoms with E-state index in [1.54, 1.807) is 6.07 Å². The Morgan fingerprint density at radius 1 is 1.44 bits per heavy atom. The lowest BCUT2D eigenvalue weighted by Gasteiger charge is -2.34. The van der Waals surface area contributed by atoms with Crippen LogP contribution in [-0.4, -0.2) is 41.6 Å². The van der Waals surface area contributed by atoms with Gasteiger partial charge in [0.25, 0.3) is 5.91 Å². The van der Waals surface area contributed by atoms with E-state index in [-0.39, 0.29) is 11.5 Å². The first-order chi connectivity index (χ1) is 12.0. The number of anilines is 1. The molecule has 8 heteroatoms. The average molecular weight is 380 g/mol. The maximum atomic E-state index is 12.0. The van der Waals surface area contributed by atoms with Crippen LogP contribution in [0.2, 0.25) is 5.02 Å². The van der Waals surface area contributed by atoms with Gasteiger partial charge in [-0.3, -0.25) is 4.79 Å². The third-order valence-corrected chi connectivity index (χ3v) is 5.18. The van der Waals surface area contributed by atoms with Crippen molar-refractivity contribution in [2.45, 2.75) is 12.8 Å². The quantitative estimate of drug-likeness (QED) is 0.833. The van der Waals surface area contributed by atoms with Crippen molar-refractivity contribution in [3.05, 3.63) is 45.2 Å². The molecule has 2 aromatic heterocycles. The lowest BCUT2D eigenvalue weighted by Crippen LogP contribution is -2.41. The second-order valence-electron chi connectivity index (χ2n) is 6.01. The van der Waals surface area contributed by atoms with E-state index in [0.717, 1.165) is 25.9 Å². The van der Waals surface area contributed by atoms with Crippen LogP contribution in [0.3, 0.4) is 0 Å². The Labute approximate surface area is 154 Å². The lowest BCUT2D eigenvalue weighted by molar-refractivity contribution is 0.0696.